The maximum Gasteiger partial charge on any atom is 0.412 e. The van der Waals surface area contributed by atoms with Crippen molar-refractivity contribution in [2.45, 2.75) is 38.4 Å². The molecule has 0 saturated carbocycles. The maximum atomic E-state index is 12.3. The van der Waals surface area contributed by atoms with Gasteiger partial charge in [-0.3, -0.25) is 5.32 Å². The van der Waals surface area contributed by atoms with Crippen molar-refractivity contribution in [3.63, 3.8) is 0 Å². The fourth-order valence-electron chi connectivity index (χ4n) is 2.94. The van der Waals surface area contributed by atoms with Crippen LogP contribution in [0.25, 0.3) is 0 Å². The normalized spacial score (nSPS) is 23.3. The molecule has 1 aromatic carbocycles. The molecule has 1 N–H and O–H groups in total. The molecule has 1 aromatic rings. The molecule has 0 aliphatic carbocycles. The second-order valence-corrected chi connectivity index (χ2v) is 7.77. The van der Waals surface area contributed by atoms with Gasteiger partial charge < -0.3 is 14.4 Å². The highest BCUT2D eigenvalue weighted by atomic mass is 79.9. The topological polar surface area (TPSA) is 67.9 Å². The minimum Gasteiger partial charge on any atom is -0.444 e. The molecule has 6 nitrogen and oxygen atoms in total. The van der Waals surface area contributed by atoms with Crippen molar-refractivity contribution in [1.29, 1.82) is 0 Å². The maximum absolute atomic E-state index is 12.3. The summed E-state index contributed by atoms with van der Waals surface area (Å²) in [5, 5.41) is 2.70. The number of anilines is 1. The first-order valence-electron chi connectivity index (χ1n) is 7.46. The molecule has 0 aromatic heterocycles. The quantitative estimate of drug-likeness (QED) is 0.739. The highest BCUT2D eigenvalue weighted by Crippen LogP contribution is 2.43. The lowest BCUT2D eigenvalue weighted by Crippen LogP contribution is -2.43. The van der Waals surface area contributed by atoms with Gasteiger partial charge in [-0.1, -0.05) is 15.9 Å². The summed E-state index contributed by atoms with van der Waals surface area (Å²) < 4.78 is 11.9. The van der Waals surface area contributed by atoms with Crippen LogP contribution in [0.15, 0.2) is 22.7 Å². The Labute approximate surface area is 143 Å². The van der Waals surface area contributed by atoms with Gasteiger partial charge in [0.2, 0.25) is 0 Å². The predicted molar refractivity (Wildman–Crippen MR) is 88.3 cm³/mol. The number of nitrogens with one attached hydrogen (secondary N) is 1. The van der Waals surface area contributed by atoms with E-state index in [0.717, 1.165) is 15.7 Å². The van der Waals surface area contributed by atoms with Gasteiger partial charge >= 0.3 is 12.2 Å². The number of amides is 2. The Morgan fingerprint density at radius 2 is 2.17 bits per heavy atom. The highest BCUT2D eigenvalue weighted by Gasteiger charge is 2.49. The van der Waals surface area contributed by atoms with E-state index in [2.05, 4.69) is 21.2 Å². The van der Waals surface area contributed by atoms with E-state index in [-0.39, 0.29) is 6.09 Å². The molecule has 1 saturated heterocycles. The Balaban J connectivity index is 1.88. The first-order valence-corrected chi connectivity index (χ1v) is 8.26. The number of rotatable bonds is 0. The molecule has 3 rings (SSSR count). The lowest BCUT2D eigenvalue weighted by Gasteiger charge is -2.35. The van der Waals surface area contributed by atoms with Crippen LogP contribution in [-0.4, -0.2) is 35.8 Å². The third-order valence-electron chi connectivity index (χ3n) is 3.88. The molecule has 7 heteroatoms. The molecule has 124 valence electrons. The highest BCUT2D eigenvalue weighted by molar-refractivity contribution is 9.10. The Hall–Kier alpha value is -1.76. The number of nitrogens with zero attached hydrogens (tertiary/aromatic N) is 1. The minimum absolute atomic E-state index is 0.290. The molecule has 23 heavy (non-hydrogen) atoms. The number of carbonyl (C=O) groups is 2. The van der Waals surface area contributed by atoms with Gasteiger partial charge in [-0.2, -0.15) is 0 Å². The lowest BCUT2D eigenvalue weighted by molar-refractivity contribution is 0.00431. The molecule has 2 aliphatic rings. The second-order valence-electron chi connectivity index (χ2n) is 6.85. The van der Waals surface area contributed by atoms with Crippen LogP contribution in [0.2, 0.25) is 0 Å². The monoisotopic (exact) mass is 382 g/mol. The van der Waals surface area contributed by atoms with Crippen molar-refractivity contribution in [2.24, 2.45) is 0 Å². The number of likely N-dealkylation sites (tertiary alicyclic amines) is 1. The lowest BCUT2D eigenvalue weighted by atomic mass is 9.90. The van der Waals surface area contributed by atoms with Gasteiger partial charge in [0.25, 0.3) is 0 Å². The molecule has 1 atom stereocenters. The third-order valence-corrected chi connectivity index (χ3v) is 4.37. The summed E-state index contributed by atoms with van der Waals surface area (Å²) in [4.78, 5) is 25.8. The summed E-state index contributed by atoms with van der Waals surface area (Å²) in [5.74, 6) is 0. The Bertz CT molecular complexity index is 671. The number of halogens is 1. The van der Waals surface area contributed by atoms with Crippen molar-refractivity contribution >= 4 is 33.8 Å². The average Bonchev–Trinajstić information content (AvgIpc) is 2.83. The summed E-state index contributed by atoms with van der Waals surface area (Å²) in [6, 6.07) is 5.61. The average molecular weight is 383 g/mol. The van der Waals surface area contributed by atoms with Gasteiger partial charge in [0, 0.05) is 23.0 Å². The van der Waals surface area contributed by atoms with Crippen LogP contribution in [0.1, 0.15) is 32.8 Å². The number of ether oxygens (including phenoxy) is 2. The van der Waals surface area contributed by atoms with Crippen molar-refractivity contribution in [2.75, 3.05) is 18.4 Å². The molecule has 0 radical (unpaired) electrons. The molecule has 2 aliphatic heterocycles. The van der Waals surface area contributed by atoms with Gasteiger partial charge in [0.15, 0.2) is 5.60 Å². The smallest absolute Gasteiger partial charge is 0.412 e. The van der Waals surface area contributed by atoms with Gasteiger partial charge in [-0.15, -0.1) is 0 Å². The van der Waals surface area contributed by atoms with E-state index < -0.39 is 17.3 Å². The van der Waals surface area contributed by atoms with Gasteiger partial charge in [-0.25, -0.2) is 9.59 Å². The van der Waals surface area contributed by atoms with E-state index in [4.69, 9.17) is 9.47 Å². The first kappa shape index (κ1) is 16.1. The van der Waals surface area contributed by atoms with E-state index in [1.165, 1.54) is 0 Å². The van der Waals surface area contributed by atoms with Crippen LogP contribution in [0, 0.1) is 0 Å². The summed E-state index contributed by atoms with van der Waals surface area (Å²) in [6.07, 6.45) is -0.338. The van der Waals surface area contributed by atoms with Crippen LogP contribution in [-0.2, 0) is 15.1 Å². The molecule has 2 amide bonds. The Morgan fingerprint density at radius 3 is 2.87 bits per heavy atom. The molecular formula is C16H19BrN2O4. The zero-order valence-corrected chi connectivity index (χ0v) is 14.9. The molecule has 1 fully saturated rings. The van der Waals surface area contributed by atoms with E-state index in [0.29, 0.717) is 19.5 Å². The summed E-state index contributed by atoms with van der Waals surface area (Å²) in [5.41, 5.74) is 0.213. The van der Waals surface area contributed by atoms with Crippen LogP contribution in [0.4, 0.5) is 15.3 Å². The van der Waals surface area contributed by atoms with Crippen LogP contribution < -0.4 is 5.32 Å². The summed E-state index contributed by atoms with van der Waals surface area (Å²) in [7, 11) is 0. The fraction of sp³-hybridized carbons (Fsp3) is 0.500. The second kappa shape index (κ2) is 5.40. The number of hydrogen-bond donors (Lipinski definition) is 1. The predicted octanol–water partition coefficient (Wildman–Crippen LogP) is 3.85. The van der Waals surface area contributed by atoms with Crippen LogP contribution >= 0.6 is 15.9 Å². The zero-order valence-electron chi connectivity index (χ0n) is 13.3. The van der Waals surface area contributed by atoms with E-state index in [9.17, 15) is 9.59 Å². The number of hydrogen-bond acceptors (Lipinski definition) is 4. The van der Waals surface area contributed by atoms with Crippen molar-refractivity contribution < 1.29 is 19.1 Å². The molecule has 1 unspecified atom stereocenters. The number of fused-ring (bicyclic) bond motifs is 2. The van der Waals surface area contributed by atoms with Crippen molar-refractivity contribution in [3.05, 3.63) is 28.2 Å². The minimum atomic E-state index is -0.821. The number of carbonyl (C=O) groups excluding carboxylic acids is 2. The summed E-state index contributed by atoms with van der Waals surface area (Å²) >= 11 is 3.45. The van der Waals surface area contributed by atoms with Gasteiger partial charge in [0.1, 0.15) is 5.60 Å². The van der Waals surface area contributed by atoms with Crippen molar-refractivity contribution in [3.8, 4) is 0 Å². The number of benzene rings is 1. The summed E-state index contributed by atoms with van der Waals surface area (Å²) in [6.45, 7) is 6.25. The van der Waals surface area contributed by atoms with E-state index in [1.807, 2.05) is 39.0 Å². The Kier molecular flexibility index (Phi) is 3.78. The van der Waals surface area contributed by atoms with Gasteiger partial charge in [0.05, 0.1) is 12.2 Å². The standard InChI is InChI=1S/C16H19BrN2O4/c1-15(2,3)23-14(21)19-7-6-16(9-19)11-8-10(17)4-5-12(11)18-13(20)22-16/h4-5,8H,6-7,9H2,1-3H3,(H,18,20). The molecular weight excluding hydrogens is 364 g/mol. The van der Waals surface area contributed by atoms with Crippen LogP contribution in [0.5, 0.6) is 0 Å². The van der Waals surface area contributed by atoms with Crippen molar-refractivity contribution in [1.82, 2.24) is 4.90 Å². The molecule has 2 heterocycles. The Morgan fingerprint density at radius 1 is 1.43 bits per heavy atom. The SMILES string of the molecule is CC(C)(C)OC(=O)N1CCC2(C1)OC(=O)Nc1ccc(Br)cc12. The van der Waals surface area contributed by atoms with E-state index in [1.54, 1.807) is 4.90 Å². The first-order chi connectivity index (χ1) is 10.7. The van der Waals surface area contributed by atoms with Crippen LogP contribution in [0.3, 0.4) is 0 Å². The fourth-order valence-corrected chi connectivity index (χ4v) is 3.30. The van der Waals surface area contributed by atoms with Gasteiger partial charge in [-0.05, 0) is 39.0 Å². The largest absolute Gasteiger partial charge is 0.444 e. The molecule has 0 bridgehead atoms. The third kappa shape index (κ3) is 3.15. The van der Waals surface area contributed by atoms with E-state index >= 15 is 0 Å². The molecule has 1 spiro atoms. The zero-order chi connectivity index (χ0) is 16.8.